The zero-order valence-corrected chi connectivity index (χ0v) is 11.9. The molecule has 0 saturated carbocycles. The Morgan fingerprint density at radius 2 is 2.17 bits per heavy atom. The molecule has 3 nitrogen and oxygen atoms in total. The number of fused-ring (bicyclic) bond motifs is 1. The van der Waals surface area contributed by atoms with Gasteiger partial charge in [-0.05, 0) is 56.7 Å². The molecule has 3 heteroatoms. The van der Waals surface area contributed by atoms with Gasteiger partial charge in [0.1, 0.15) is 5.75 Å². The Kier molecular flexibility index (Phi) is 4.25. The fraction of sp³-hybridized carbons (Fsp3) is 0.600. The summed E-state index contributed by atoms with van der Waals surface area (Å²) in [4.78, 5) is 2.33. The van der Waals surface area contributed by atoms with E-state index in [1.807, 2.05) is 0 Å². The molecule has 1 aromatic rings. The van der Waals surface area contributed by atoms with E-state index in [9.17, 15) is 0 Å². The van der Waals surface area contributed by atoms with Crippen LogP contribution < -0.4 is 10.1 Å². The van der Waals surface area contributed by atoms with E-state index < -0.39 is 0 Å². The molecule has 1 aliphatic rings. The average Bonchev–Trinajstić information content (AvgIpc) is 2.38. The van der Waals surface area contributed by atoms with Gasteiger partial charge in [-0.15, -0.1) is 0 Å². The second kappa shape index (κ2) is 5.72. The Morgan fingerprint density at radius 1 is 1.39 bits per heavy atom. The molecule has 2 rings (SSSR count). The molecule has 1 aliphatic carbocycles. The molecule has 0 spiro atoms. The van der Waals surface area contributed by atoms with Gasteiger partial charge in [-0.25, -0.2) is 0 Å². The van der Waals surface area contributed by atoms with Crippen LogP contribution in [0.3, 0.4) is 0 Å². The van der Waals surface area contributed by atoms with Crippen LogP contribution in [0.25, 0.3) is 0 Å². The molecule has 100 valence electrons. The van der Waals surface area contributed by atoms with Crippen LogP contribution in [0.2, 0.25) is 0 Å². The number of aryl methyl sites for hydroxylation is 1. The van der Waals surface area contributed by atoms with E-state index in [4.69, 9.17) is 4.74 Å². The molecule has 2 atom stereocenters. The molecule has 0 saturated heterocycles. The fourth-order valence-corrected chi connectivity index (χ4v) is 2.92. The number of nitrogens with one attached hydrogen (secondary N) is 1. The minimum atomic E-state index is 0.406. The maximum absolute atomic E-state index is 5.36. The van der Waals surface area contributed by atoms with Crippen molar-refractivity contribution in [2.75, 3.05) is 27.7 Å². The zero-order chi connectivity index (χ0) is 13.1. The number of methoxy groups -OCH3 is 1. The highest BCUT2D eigenvalue weighted by atomic mass is 16.5. The standard InChI is InChI=1S/C15H24N2O/c1-5-16-15-13-10-12(18-4)8-6-11(13)7-9-14(15)17(2)3/h6,8,10,14-16H,5,7,9H2,1-4H3. The van der Waals surface area contributed by atoms with Crippen LogP contribution in [0.15, 0.2) is 18.2 Å². The molecule has 0 aliphatic heterocycles. The molecule has 0 heterocycles. The highest BCUT2D eigenvalue weighted by molar-refractivity contribution is 5.40. The molecule has 18 heavy (non-hydrogen) atoms. The maximum atomic E-state index is 5.36. The van der Waals surface area contributed by atoms with Gasteiger partial charge in [-0.1, -0.05) is 13.0 Å². The molecule has 1 N–H and O–H groups in total. The third-order valence-electron chi connectivity index (χ3n) is 3.87. The zero-order valence-electron chi connectivity index (χ0n) is 11.9. The lowest BCUT2D eigenvalue weighted by molar-refractivity contribution is 0.207. The van der Waals surface area contributed by atoms with Gasteiger partial charge in [0.15, 0.2) is 0 Å². The topological polar surface area (TPSA) is 24.5 Å². The Morgan fingerprint density at radius 3 is 2.78 bits per heavy atom. The van der Waals surface area contributed by atoms with Gasteiger partial charge >= 0.3 is 0 Å². The van der Waals surface area contributed by atoms with Crippen molar-refractivity contribution in [3.8, 4) is 5.75 Å². The molecule has 0 aromatic heterocycles. The Balaban J connectivity index is 2.37. The molecular weight excluding hydrogens is 224 g/mol. The van der Waals surface area contributed by atoms with Gasteiger partial charge in [0, 0.05) is 12.1 Å². The van der Waals surface area contributed by atoms with Crippen LogP contribution in [0, 0.1) is 0 Å². The summed E-state index contributed by atoms with van der Waals surface area (Å²) in [6.45, 7) is 3.16. The second-order valence-electron chi connectivity index (χ2n) is 5.17. The fourth-order valence-electron chi connectivity index (χ4n) is 2.92. The molecule has 0 fully saturated rings. The van der Waals surface area contributed by atoms with Crippen LogP contribution in [-0.4, -0.2) is 38.7 Å². The van der Waals surface area contributed by atoms with Crippen molar-refractivity contribution in [1.82, 2.24) is 10.2 Å². The summed E-state index contributed by atoms with van der Waals surface area (Å²) >= 11 is 0. The van der Waals surface area contributed by atoms with E-state index in [-0.39, 0.29) is 0 Å². The summed E-state index contributed by atoms with van der Waals surface area (Å²) < 4.78 is 5.36. The molecular formula is C15H24N2O. The first-order chi connectivity index (χ1) is 8.67. The van der Waals surface area contributed by atoms with Crippen LogP contribution in [0.5, 0.6) is 5.75 Å². The number of hydrogen-bond acceptors (Lipinski definition) is 3. The first-order valence-corrected chi connectivity index (χ1v) is 6.74. The van der Waals surface area contributed by atoms with Gasteiger partial charge in [0.25, 0.3) is 0 Å². The molecule has 2 unspecified atom stereocenters. The van der Waals surface area contributed by atoms with Crippen molar-refractivity contribution in [1.29, 1.82) is 0 Å². The summed E-state index contributed by atoms with van der Waals surface area (Å²) in [6.07, 6.45) is 2.37. The first-order valence-electron chi connectivity index (χ1n) is 6.74. The van der Waals surface area contributed by atoms with E-state index in [1.54, 1.807) is 7.11 Å². The molecule has 0 radical (unpaired) electrons. The lowest BCUT2D eigenvalue weighted by Crippen LogP contribution is -2.44. The third-order valence-corrected chi connectivity index (χ3v) is 3.87. The van der Waals surface area contributed by atoms with Gasteiger partial charge in [0.05, 0.1) is 7.11 Å². The predicted molar refractivity (Wildman–Crippen MR) is 75.2 cm³/mol. The van der Waals surface area contributed by atoms with Gasteiger partial charge in [-0.2, -0.15) is 0 Å². The highest BCUT2D eigenvalue weighted by Gasteiger charge is 2.30. The van der Waals surface area contributed by atoms with E-state index in [0.29, 0.717) is 12.1 Å². The lowest BCUT2D eigenvalue weighted by atomic mass is 9.83. The van der Waals surface area contributed by atoms with E-state index >= 15 is 0 Å². The van der Waals surface area contributed by atoms with Crippen LogP contribution in [-0.2, 0) is 6.42 Å². The number of rotatable bonds is 4. The summed E-state index contributed by atoms with van der Waals surface area (Å²) in [5.74, 6) is 0.955. The normalized spacial score (nSPS) is 22.9. The number of hydrogen-bond donors (Lipinski definition) is 1. The summed E-state index contributed by atoms with van der Waals surface area (Å²) in [5, 5.41) is 3.63. The van der Waals surface area contributed by atoms with Gasteiger partial charge in [-0.3, -0.25) is 0 Å². The number of nitrogens with zero attached hydrogens (tertiary/aromatic N) is 1. The van der Waals surface area contributed by atoms with Gasteiger partial charge in [0.2, 0.25) is 0 Å². The van der Waals surface area contributed by atoms with Crippen LogP contribution in [0.4, 0.5) is 0 Å². The van der Waals surface area contributed by atoms with E-state index in [2.05, 4.69) is 49.4 Å². The Hall–Kier alpha value is -1.06. The smallest absolute Gasteiger partial charge is 0.119 e. The third kappa shape index (κ3) is 2.52. The largest absolute Gasteiger partial charge is 0.497 e. The average molecular weight is 248 g/mol. The lowest BCUT2D eigenvalue weighted by Gasteiger charge is -2.38. The molecule has 1 aromatic carbocycles. The van der Waals surface area contributed by atoms with Gasteiger partial charge < -0.3 is 15.0 Å². The summed E-state index contributed by atoms with van der Waals surface area (Å²) in [7, 11) is 6.07. The number of benzene rings is 1. The first kappa shape index (κ1) is 13.4. The van der Waals surface area contributed by atoms with Crippen molar-refractivity contribution in [2.45, 2.75) is 31.8 Å². The maximum Gasteiger partial charge on any atom is 0.119 e. The van der Waals surface area contributed by atoms with Crippen molar-refractivity contribution >= 4 is 0 Å². The van der Waals surface area contributed by atoms with Crippen LogP contribution in [0.1, 0.15) is 30.5 Å². The predicted octanol–water partition coefficient (Wildman–Crippen LogP) is 2.22. The highest BCUT2D eigenvalue weighted by Crippen LogP contribution is 2.34. The SMILES string of the molecule is CCNC1c2cc(OC)ccc2CCC1N(C)C. The number of likely N-dealkylation sites (N-methyl/N-ethyl adjacent to an activating group) is 2. The van der Waals surface area contributed by atoms with Crippen molar-refractivity contribution < 1.29 is 4.74 Å². The molecule has 0 bridgehead atoms. The van der Waals surface area contributed by atoms with Crippen molar-refractivity contribution in [3.63, 3.8) is 0 Å². The monoisotopic (exact) mass is 248 g/mol. The van der Waals surface area contributed by atoms with E-state index in [1.165, 1.54) is 17.5 Å². The summed E-state index contributed by atoms with van der Waals surface area (Å²) in [6, 6.07) is 7.44. The van der Waals surface area contributed by atoms with Crippen molar-refractivity contribution in [2.24, 2.45) is 0 Å². The minimum Gasteiger partial charge on any atom is -0.497 e. The Bertz CT molecular complexity index is 403. The molecule has 0 amide bonds. The minimum absolute atomic E-state index is 0.406. The van der Waals surface area contributed by atoms with Crippen LogP contribution >= 0.6 is 0 Å². The Labute approximate surface area is 110 Å². The summed E-state index contributed by atoms with van der Waals surface area (Å²) in [5.41, 5.74) is 2.86. The second-order valence-corrected chi connectivity index (χ2v) is 5.17. The number of ether oxygens (including phenoxy) is 1. The van der Waals surface area contributed by atoms with E-state index in [0.717, 1.165) is 18.7 Å². The van der Waals surface area contributed by atoms with Crippen molar-refractivity contribution in [3.05, 3.63) is 29.3 Å². The quantitative estimate of drug-likeness (QED) is 0.884.